The zero-order chi connectivity index (χ0) is 22.8. The molecule has 0 bridgehead atoms. The molecule has 1 atom stereocenters. The van der Waals surface area contributed by atoms with Crippen LogP contribution in [0.2, 0.25) is 0 Å². The van der Waals surface area contributed by atoms with Crippen molar-refractivity contribution in [3.05, 3.63) is 87.3 Å². The van der Waals surface area contributed by atoms with Crippen LogP contribution in [0.4, 0.5) is 11.5 Å². The number of pyridine rings is 1. The number of nitro groups is 1. The van der Waals surface area contributed by atoms with E-state index in [2.05, 4.69) is 25.6 Å². The summed E-state index contributed by atoms with van der Waals surface area (Å²) in [5.41, 5.74) is 2.06. The second kappa shape index (κ2) is 9.05. The van der Waals surface area contributed by atoms with Gasteiger partial charge in [0.1, 0.15) is 17.5 Å². The standard InChI is InChI=1S/C20H14N8O2S3/c21-19-24-20(33-32-19)31-16-9-8-12(11-15(16)28(29)30)18(23-17-7-3-4-10-22-17)27-14-6-2-1-5-13(14)25-26-27/h1-11,18,21H,(H,22,23)/t18-/m0/s1. The fourth-order valence-electron chi connectivity index (χ4n) is 3.21. The summed E-state index contributed by atoms with van der Waals surface area (Å²) in [6.07, 6.45) is 1.07. The average molecular weight is 495 g/mol. The highest BCUT2D eigenvalue weighted by atomic mass is 32.9. The predicted octanol–water partition coefficient (Wildman–Crippen LogP) is 4.54. The lowest BCUT2D eigenvalue weighted by atomic mass is 10.1. The predicted molar refractivity (Wildman–Crippen MR) is 127 cm³/mol. The summed E-state index contributed by atoms with van der Waals surface area (Å²) in [6.45, 7) is 0. The second-order valence-corrected chi connectivity index (χ2v) is 10.1. The highest BCUT2D eigenvalue weighted by molar-refractivity contribution is 8.02. The third-order valence-corrected chi connectivity index (χ3v) is 8.06. The van der Waals surface area contributed by atoms with Crippen LogP contribution in [0.3, 0.4) is 0 Å². The normalized spacial score (nSPS) is 12.0. The number of nitrogens with zero attached hydrogens (tertiary/aromatic N) is 6. The van der Waals surface area contributed by atoms with Crippen molar-refractivity contribution in [3.8, 4) is 0 Å². The number of aromatic nitrogens is 5. The Hall–Kier alpha value is -3.68. The minimum Gasteiger partial charge on any atom is -0.345 e. The molecule has 2 N–H and O–H groups in total. The Kier molecular flexibility index (Phi) is 5.81. The first-order chi connectivity index (χ1) is 16.1. The molecule has 5 rings (SSSR count). The van der Waals surface area contributed by atoms with Gasteiger partial charge in [-0.25, -0.2) is 14.6 Å². The third-order valence-electron chi connectivity index (χ3n) is 4.65. The molecule has 0 aliphatic carbocycles. The van der Waals surface area contributed by atoms with Gasteiger partial charge in [-0.2, -0.15) is 0 Å². The first-order valence-electron chi connectivity index (χ1n) is 9.54. The molecule has 0 saturated carbocycles. The van der Waals surface area contributed by atoms with Crippen molar-refractivity contribution in [1.82, 2.24) is 25.0 Å². The molecule has 13 heteroatoms. The summed E-state index contributed by atoms with van der Waals surface area (Å²) in [6, 6.07) is 18.0. The SMILES string of the molecule is N=c1nc(Sc2ccc([C@@H](Nc3ccccn3)n3nnc4ccccc43)cc2[N+](=O)[O-])ss1. The van der Waals surface area contributed by atoms with E-state index in [4.69, 9.17) is 5.41 Å². The Bertz CT molecular complexity index is 1500. The van der Waals surface area contributed by atoms with E-state index in [0.717, 1.165) is 5.52 Å². The van der Waals surface area contributed by atoms with E-state index >= 15 is 0 Å². The summed E-state index contributed by atoms with van der Waals surface area (Å²) in [5.74, 6) is 0.593. The van der Waals surface area contributed by atoms with E-state index in [1.807, 2.05) is 48.5 Å². The van der Waals surface area contributed by atoms with Crippen molar-refractivity contribution in [2.45, 2.75) is 15.4 Å². The van der Waals surface area contributed by atoms with Gasteiger partial charge in [-0.05, 0) is 51.0 Å². The second-order valence-electron chi connectivity index (χ2n) is 6.72. The summed E-state index contributed by atoms with van der Waals surface area (Å²) in [4.78, 5) is 20.6. The summed E-state index contributed by atoms with van der Waals surface area (Å²) < 4.78 is 2.27. The molecule has 3 aromatic heterocycles. The van der Waals surface area contributed by atoms with Gasteiger partial charge < -0.3 is 5.32 Å². The Balaban J connectivity index is 1.60. The van der Waals surface area contributed by atoms with E-state index in [1.165, 1.54) is 38.5 Å². The van der Waals surface area contributed by atoms with Crippen molar-refractivity contribution in [1.29, 1.82) is 5.41 Å². The third kappa shape index (κ3) is 4.46. The van der Waals surface area contributed by atoms with Gasteiger partial charge >= 0.3 is 0 Å². The van der Waals surface area contributed by atoms with Gasteiger partial charge in [0.15, 0.2) is 4.34 Å². The van der Waals surface area contributed by atoms with Gasteiger partial charge in [-0.1, -0.05) is 41.2 Å². The highest BCUT2D eigenvalue weighted by Gasteiger charge is 2.24. The molecule has 0 spiro atoms. The van der Waals surface area contributed by atoms with Crippen LogP contribution in [0, 0.1) is 15.5 Å². The Morgan fingerprint density at radius 3 is 2.73 bits per heavy atom. The molecule has 33 heavy (non-hydrogen) atoms. The molecule has 0 aliphatic rings. The smallest absolute Gasteiger partial charge is 0.283 e. The quantitative estimate of drug-likeness (QED) is 0.191. The summed E-state index contributed by atoms with van der Waals surface area (Å²) >= 11 is 1.18. The largest absolute Gasteiger partial charge is 0.345 e. The molecule has 3 heterocycles. The molecular weight excluding hydrogens is 480 g/mol. The van der Waals surface area contributed by atoms with Crippen molar-refractivity contribution >= 4 is 55.0 Å². The van der Waals surface area contributed by atoms with Crippen LogP contribution in [0.15, 0.2) is 76.1 Å². The van der Waals surface area contributed by atoms with E-state index in [-0.39, 0.29) is 10.5 Å². The molecule has 0 fully saturated rings. The van der Waals surface area contributed by atoms with E-state index < -0.39 is 11.1 Å². The maximum Gasteiger partial charge on any atom is 0.283 e. The van der Waals surface area contributed by atoms with Gasteiger partial charge in [0.05, 0.1) is 15.3 Å². The van der Waals surface area contributed by atoms with Crippen molar-refractivity contribution in [3.63, 3.8) is 0 Å². The molecule has 2 aromatic carbocycles. The Morgan fingerprint density at radius 1 is 1.12 bits per heavy atom. The number of hydrogen-bond acceptors (Lipinski definition) is 11. The van der Waals surface area contributed by atoms with Gasteiger partial charge in [0.2, 0.25) is 4.80 Å². The van der Waals surface area contributed by atoms with Crippen LogP contribution >= 0.6 is 32.4 Å². The number of anilines is 1. The molecular formula is C20H14N8O2S3. The van der Waals surface area contributed by atoms with Crippen LogP contribution in [-0.2, 0) is 0 Å². The first-order valence-corrected chi connectivity index (χ1v) is 12.5. The lowest BCUT2D eigenvalue weighted by molar-refractivity contribution is -0.387. The molecule has 5 aromatic rings. The van der Waals surface area contributed by atoms with Crippen molar-refractivity contribution in [2.24, 2.45) is 0 Å². The van der Waals surface area contributed by atoms with Gasteiger partial charge in [-0.15, -0.1) is 5.10 Å². The lowest BCUT2D eigenvalue weighted by Crippen LogP contribution is -2.21. The Morgan fingerprint density at radius 2 is 1.97 bits per heavy atom. The van der Waals surface area contributed by atoms with E-state index in [1.54, 1.807) is 16.9 Å². The monoisotopic (exact) mass is 494 g/mol. The van der Waals surface area contributed by atoms with Crippen LogP contribution in [0.25, 0.3) is 11.0 Å². The molecule has 10 nitrogen and oxygen atoms in total. The number of nitro benzene ring substituents is 1. The molecule has 0 saturated heterocycles. The number of rotatable bonds is 7. The molecule has 0 unspecified atom stereocenters. The molecule has 0 radical (unpaired) electrons. The number of hydrogen-bond donors (Lipinski definition) is 2. The van der Waals surface area contributed by atoms with Crippen molar-refractivity contribution in [2.75, 3.05) is 5.32 Å². The fraction of sp³-hybridized carbons (Fsp3) is 0.0500. The number of para-hydroxylation sites is 1. The zero-order valence-electron chi connectivity index (χ0n) is 16.7. The van der Waals surface area contributed by atoms with E-state index in [9.17, 15) is 10.1 Å². The number of nitrogens with one attached hydrogen (secondary N) is 2. The number of benzene rings is 2. The molecule has 0 aliphatic heterocycles. The minimum absolute atomic E-state index is 0.0542. The van der Waals surface area contributed by atoms with Crippen LogP contribution in [-0.4, -0.2) is 29.9 Å². The highest BCUT2D eigenvalue weighted by Crippen LogP contribution is 2.38. The van der Waals surface area contributed by atoms with Gasteiger partial charge in [0, 0.05) is 17.8 Å². The van der Waals surface area contributed by atoms with Crippen LogP contribution in [0.1, 0.15) is 11.7 Å². The van der Waals surface area contributed by atoms with E-state index in [0.29, 0.717) is 26.1 Å². The van der Waals surface area contributed by atoms with Crippen molar-refractivity contribution < 1.29 is 4.92 Å². The zero-order valence-corrected chi connectivity index (χ0v) is 19.1. The summed E-state index contributed by atoms with van der Waals surface area (Å²) in [5, 5.41) is 31.4. The maximum atomic E-state index is 11.9. The Labute approximate surface area is 198 Å². The lowest BCUT2D eigenvalue weighted by Gasteiger charge is -2.21. The summed E-state index contributed by atoms with van der Waals surface area (Å²) in [7, 11) is 2.53. The molecule has 164 valence electrons. The molecule has 0 amide bonds. The van der Waals surface area contributed by atoms with Gasteiger partial charge in [-0.3, -0.25) is 15.5 Å². The maximum absolute atomic E-state index is 11.9. The topological polar surface area (TPSA) is 136 Å². The first kappa shape index (κ1) is 21.2. The average Bonchev–Trinajstić information content (AvgIpc) is 3.44. The fourth-order valence-corrected chi connectivity index (χ4v) is 6.13. The van der Waals surface area contributed by atoms with Gasteiger partial charge in [0.25, 0.3) is 5.69 Å². The number of fused-ring (bicyclic) bond motifs is 1. The van der Waals surface area contributed by atoms with Crippen LogP contribution in [0.5, 0.6) is 0 Å². The van der Waals surface area contributed by atoms with Crippen LogP contribution < -0.4 is 10.1 Å². The minimum atomic E-state index is -0.591.